The van der Waals surface area contributed by atoms with Crippen LogP contribution in [0.5, 0.6) is 0 Å². The monoisotopic (exact) mass is 613 g/mol. The van der Waals surface area contributed by atoms with Crippen LogP contribution < -0.4 is 4.90 Å². The molecule has 0 bridgehead atoms. The van der Waals surface area contributed by atoms with Crippen molar-refractivity contribution in [1.82, 2.24) is 0 Å². The summed E-state index contributed by atoms with van der Waals surface area (Å²) in [5, 5.41) is 4.74. The van der Waals surface area contributed by atoms with E-state index in [4.69, 9.17) is 4.42 Å². The third-order valence-electron chi connectivity index (χ3n) is 9.27. The highest BCUT2D eigenvalue weighted by atomic mass is 16.3. The average Bonchev–Trinajstić information content (AvgIpc) is 3.54. The van der Waals surface area contributed by atoms with Gasteiger partial charge in [0.1, 0.15) is 11.2 Å². The molecule has 0 aliphatic heterocycles. The molecule has 0 spiro atoms. The molecule has 0 unspecified atom stereocenters. The SMILES string of the molecule is c1ccc(-c2ccccc2N(c2ccccc2)c2ccc(-c3ccc4c(c3)oc3cc(-c5ccccc5)c5ccccc5c34)cc2)cc1. The van der Waals surface area contributed by atoms with Crippen molar-refractivity contribution in [3.63, 3.8) is 0 Å². The smallest absolute Gasteiger partial charge is 0.136 e. The van der Waals surface area contributed by atoms with E-state index in [0.717, 1.165) is 50.1 Å². The van der Waals surface area contributed by atoms with E-state index in [1.165, 1.54) is 33.0 Å². The van der Waals surface area contributed by atoms with Gasteiger partial charge in [0, 0.05) is 27.7 Å². The lowest BCUT2D eigenvalue weighted by Crippen LogP contribution is -2.11. The second-order valence-corrected chi connectivity index (χ2v) is 12.1. The first kappa shape index (κ1) is 27.9. The molecule has 48 heavy (non-hydrogen) atoms. The second-order valence-electron chi connectivity index (χ2n) is 12.1. The van der Waals surface area contributed by atoms with E-state index >= 15 is 0 Å². The van der Waals surface area contributed by atoms with Gasteiger partial charge >= 0.3 is 0 Å². The van der Waals surface area contributed by atoms with Crippen LogP contribution >= 0.6 is 0 Å². The Morgan fingerprint density at radius 2 is 0.896 bits per heavy atom. The van der Waals surface area contributed by atoms with Crippen molar-refractivity contribution in [1.29, 1.82) is 0 Å². The van der Waals surface area contributed by atoms with Gasteiger partial charge < -0.3 is 9.32 Å². The van der Waals surface area contributed by atoms with Crippen molar-refractivity contribution in [2.24, 2.45) is 0 Å². The molecule has 0 N–H and O–H groups in total. The maximum Gasteiger partial charge on any atom is 0.136 e. The molecule has 0 radical (unpaired) electrons. The van der Waals surface area contributed by atoms with Crippen molar-refractivity contribution in [3.05, 3.63) is 188 Å². The minimum Gasteiger partial charge on any atom is -0.456 e. The quantitative estimate of drug-likeness (QED) is 0.185. The van der Waals surface area contributed by atoms with E-state index < -0.39 is 0 Å². The highest BCUT2D eigenvalue weighted by molar-refractivity contribution is 6.22. The zero-order chi connectivity index (χ0) is 31.9. The molecule has 1 aromatic heterocycles. The Morgan fingerprint density at radius 1 is 0.333 bits per heavy atom. The van der Waals surface area contributed by atoms with Crippen LogP contribution in [0.25, 0.3) is 66.1 Å². The number of nitrogens with zero attached hydrogens (tertiary/aromatic N) is 1. The average molecular weight is 614 g/mol. The van der Waals surface area contributed by atoms with E-state index in [2.05, 4.69) is 193 Å². The molecule has 0 aliphatic rings. The molecule has 0 fully saturated rings. The summed E-state index contributed by atoms with van der Waals surface area (Å²) in [5.41, 5.74) is 12.1. The summed E-state index contributed by atoms with van der Waals surface area (Å²) in [6.07, 6.45) is 0. The van der Waals surface area contributed by atoms with Crippen molar-refractivity contribution >= 4 is 49.8 Å². The Morgan fingerprint density at radius 3 is 1.62 bits per heavy atom. The van der Waals surface area contributed by atoms with Gasteiger partial charge in [-0.3, -0.25) is 0 Å². The Hall–Kier alpha value is -6.38. The maximum absolute atomic E-state index is 6.61. The first-order valence-electron chi connectivity index (χ1n) is 16.4. The van der Waals surface area contributed by atoms with Crippen molar-refractivity contribution in [2.75, 3.05) is 4.90 Å². The Bertz CT molecular complexity index is 2530. The van der Waals surface area contributed by atoms with Crippen molar-refractivity contribution in [2.45, 2.75) is 0 Å². The molecule has 0 atom stereocenters. The van der Waals surface area contributed by atoms with Crippen LogP contribution in [0.1, 0.15) is 0 Å². The standard InChI is InChI=1S/C46H31NO/c1-4-14-33(15-5-1)38-20-12-13-23-43(38)47(36-18-8-3-9-19-36)37-27-24-32(25-28-37)35-26-29-41-44(30-35)48-45-31-42(34-16-6-2-7-17-34)39-21-10-11-22-40(39)46(41)45/h1-31H. The van der Waals surface area contributed by atoms with Gasteiger partial charge in [-0.2, -0.15) is 0 Å². The summed E-state index contributed by atoms with van der Waals surface area (Å²) in [4.78, 5) is 2.34. The first-order valence-corrected chi connectivity index (χ1v) is 16.4. The van der Waals surface area contributed by atoms with Crippen LogP contribution in [-0.4, -0.2) is 0 Å². The molecule has 0 amide bonds. The topological polar surface area (TPSA) is 16.4 Å². The Kier molecular flexibility index (Phi) is 6.84. The molecule has 2 heteroatoms. The molecule has 1 heterocycles. The second kappa shape index (κ2) is 11.8. The molecule has 226 valence electrons. The van der Waals surface area contributed by atoms with Gasteiger partial charge in [0.15, 0.2) is 0 Å². The summed E-state index contributed by atoms with van der Waals surface area (Å²) < 4.78 is 6.61. The van der Waals surface area contributed by atoms with Gasteiger partial charge in [-0.05, 0) is 87.1 Å². The Labute approximate surface area is 279 Å². The zero-order valence-electron chi connectivity index (χ0n) is 26.3. The zero-order valence-corrected chi connectivity index (χ0v) is 26.3. The first-order chi connectivity index (χ1) is 23.8. The van der Waals surface area contributed by atoms with Crippen LogP contribution in [0.3, 0.4) is 0 Å². The molecule has 0 aliphatic carbocycles. The van der Waals surface area contributed by atoms with Crippen LogP contribution in [0, 0.1) is 0 Å². The molecule has 2 nitrogen and oxygen atoms in total. The van der Waals surface area contributed by atoms with Gasteiger partial charge in [-0.25, -0.2) is 0 Å². The minimum atomic E-state index is 0.893. The fourth-order valence-corrected chi connectivity index (χ4v) is 7.01. The molecule has 0 saturated carbocycles. The van der Waals surface area contributed by atoms with E-state index in [1.807, 2.05) is 0 Å². The largest absolute Gasteiger partial charge is 0.456 e. The molecular formula is C46H31NO. The third-order valence-corrected chi connectivity index (χ3v) is 9.27. The number of rotatable bonds is 6. The number of furan rings is 1. The summed E-state index contributed by atoms with van der Waals surface area (Å²) in [6, 6.07) is 66.7. The highest BCUT2D eigenvalue weighted by Crippen LogP contribution is 2.43. The number of hydrogen-bond acceptors (Lipinski definition) is 2. The molecule has 0 saturated heterocycles. The number of fused-ring (bicyclic) bond motifs is 5. The number of hydrogen-bond donors (Lipinski definition) is 0. The Balaban J connectivity index is 1.13. The van der Waals surface area contributed by atoms with E-state index in [1.54, 1.807) is 0 Å². The maximum atomic E-state index is 6.61. The predicted octanol–water partition coefficient (Wildman–Crippen LogP) is 13.2. The van der Waals surface area contributed by atoms with Gasteiger partial charge in [-0.1, -0.05) is 140 Å². The molecular weight excluding hydrogens is 583 g/mol. The van der Waals surface area contributed by atoms with E-state index in [0.29, 0.717) is 0 Å². The normalized spacial score (nSPS) is 11.3. The van der Waals surface area contributed by atoms with Gasteiger partial charge in [0.25, 0.3) is 0 Å². The van der Waals surface area contributed by atoms with Crippen LogP contribution in [0.2, 0.25) is 0 Å². The van der Waals surface area contributed by atoms with Crippen molar-refractivity contribution in [3.8, 4) is 33.4 Å². The van der Waals surface area contributed by atoms with E-state index in [-0.39, 0.29) is 0 Å². The number of para-hydroxylation sites is 2. The van der Waals surface area contributed by atoms with Crippen LogP contribution in [0.15, 0.2) is 192 Å². The van der Waals surface area contributed by atoms with Gasteiger partial charge in [-0.15, -0.1) is 0 Å². The summed E-state index contributed by atoms with van der Waals surface area (Å²) >= 11 is 0. The van der Waals surface area contributed by atoms with Crippen molar-refractivity contribution < 1.29 is 4.42 Å². The van der Waals surface area contributed by atoms with Gasteiger partial charge in [0.2, 0.25) is 0 Å². The van der Waals surface area contributed by atoms with E-state index in [9.17, 15) is 0 Å². The lowest BCUT2D eigenvalue weighted by molar-refractivity contribution is 0.669. The fourth-order valence-electron chi connectivity index (χ4n) is 7.01. The fraction of sp³-hybridized carbons (Fsp3) is 0. The molecule has 9 aromatic rings. The highest BCUT2D eigenvalue weighted by Gasteiger charge is 2.18. The summed E-state index contributed by atoms with van der Waals surface area (Å²) in [7, 11) is 0. The van der Waals surface area contributed by atoms with Crippen LogP contribution in [0.4, 0.5) is 17.1 Å². The lowest BCUT2D eigenvalue weighted by atomic mass is 9.94. The molecule has 9 rings (SSSR count). The minimum absolute atomic E-state index is 0.893. The van der Waals surface area contributed by atoms with Gasteiger partial charge in [0.05, 0.1) is 5.69 Å². The number of benzene rings is 8. The van der Waals surface area contributed by atoms with Crippen LogP contribution in [-0.2, 0) is 0 Å². The number of anilines is 3. The predicted molar refractivity (Wildman–Crippen MR) is 202 cm³/mol. The third kappa shape index (κ3) is 4.83. The summed E-state index contributed by atoms with van der Waals surface area (Å²) in [6.45, 7) is 0. The lowest BCUT2D eigenvalue weighted by Gasteiger charge is -2.28. The molecule has 8 aromatic carbocycles. The summed E-state index contributed by atoms with van der Waals surface area (Å²) in [5.74, 6) is 0.